The van der Waals surface area contributed by atoms with E-state index < -0.39 is 0 Å². The third-order valence-corrected chi connectivity index (χ3v) is 4.39. The molecular weight excluding hydrogens is 332 g/mol. The third-order valence-electron chi connectivity index (χ3n) is 3.65. The molecule has 1 aliphatic heterocycles. The molecule has 118 valence electrons. The Bertz CT molecular complexity index is 479. The number of anilines is 1. The molecule has 0 aliphatic carbocycles. The summed E-state index contributed by atoms with van der Waals surface area (Å²) in [6.45, 7) is 9.66. The molecule has 2 rings (SSSR count). The summed E-state index contributed by atoms with van der Waals surface area (Å²) in [5.74, 6) is 0. The summed E-state index contributed by atoms with van der Waals surface area (Å²) in [5.41, 5.74) is 2.17. The van der Waals surface area contributed by atoms with Gasteiger partial charge in [0, 0.05) is 29.8 Å². The minimum absolute atomic E-state index is 0.0552. The van der Waals surface area contributed by atoms with Crippen LogP contribution in [0, 0.1) is 0 Å². The first-order chi connectivity index (χ1) is 9.95. The van der Waals surface area contributed by atoms with Gasteiger partial charge in [0.05, 0.1) is 18.3 Å². The number of nitrogens with one attached hydrogen (secondary N) is 1. The first kappa shape index (κ1) is 16.7. The highest BCUT2D eigenvalue weighted by atomic mass is 79.9. The van der Waals surface area contributed by atoms with Gasteiger partial charge in [-0.25, -0.2) is 0 Å². The topological polar surface area (TPSA) is 44.7 Å². The van der Waals surface area contributed by atoms with Gasteiger partial charge in [0.2, 0.25) is 0 Å². The van der Waals surface area contributed by atoms with Crippen molar-refractivity contribution in [3.8, 4) is 0 Å². The summed E-state index contributed by atoms with van der Waals surface area (Å²) in [6, 6.07) is 6.45. The zero-order valence-corrected chi connectivity index (χ0v) is 14.6. The Morgan fingerprint density at radius 3 is 2.86 bits per heavy atom. The zero-order chi connectivity index (χ0) is 15.5. The Morgan fingerprint density at radius 1 is 1.48 bits per heavy atom. The molecule has 1 saturated heterocycles. The van der Waals surface area contributed by atoms with Crippen molar-refractivity contribution in [2.24, 2.45) is 0 Å². The lowest BCUT2D eigenvalue weighted by Gasteiger charge is -2.43. The van der Waals surface area contributed by atoms with Gasteiger partial charge in [-0.3, -0.25) is 0 Å². The van der Waals surface area contributed by atoms with Crippen LogP contribution in [0.1, 0.15) is 26.3 Å². The molecule has 5 heteroatoms. The van der Waals surface area contributed by atoms with Gasteiger partial charge in [0.1, 0.15) is 0 Å². The van der Waals surface area contributed by atoms with E-state index >= 15 is 0 Å². The fourth-order valence-electron chi connectivity index (χ4n) is 2.72. The second-order valence-corrected chi connectivity index (χ2v) is 6.97. The van der Waals surface area contributed by atoms with E-state index in [2.05, 4.69) is 65.1 Å². The number of halogens is 1. The number of aliphatic hydroxyl groups is 1. The van der Waals surface area contributed by atoms with Crippen LogP contribution in [-0.4, -0.2) is 43.1 Å². The molecule has 0 bridgehead atoms. The Balaban J connectivity index is 2.15. The van der Waals surface area contributed by atoms with E-state index in [1.807, 2.05) is 0 Å². The van der Waals surface area contributed by atoms with Crippen molar-refractivity contribution in [2.75, 3.05) is 31.1 Å². The number of ether oxygens (including phenoxy) is 1. The highest BCUT2D eigenvalue weighted by Gasteiger charge is 2.33. The first-order valence-electron chi connectivity index (χ1n) is 7.48. The number of benzene rings is 1. The maximum Gasteiger partial charge on any atom is 0.0988 e. The predicted octanol–water partition coefficient (Wildman–Crippen LogP) is 2.53. The number of nitrogens with zero attached hydrogens (tertiary/aromatic N) is 1. The molecule has 1 unspecified atom stereocenters. The minimum Gasteiger partial charge on any atom is -0.394 e. The van der Waals surface area contributed by atoms with Gasteiger partial charge in [-0.15, -0.1) is 0 Å². The largest absolute Gasteiger partial charge is 0.394 e. The highest BCUT2D eigenvalue weighted by molar-refractivity contribution is 9.10. The molecule has 0 amide bonds. The lowest BCUT2D eigenvalue weighted by Crippen LogP contribution is -2.54. The standard InChI is InChI=1S/C16H25BrN2O2/c1-4-18-8-12-5-6-13(7-15(12)17)19-9-14(10-20)21-16(2,3)11-19/h5-7,14,18,20H,4,8-11H2,1-3H3. The highest BCUT2D eigenvalue weighted by Crippen LogP contribution is 2.29. The van der Waals surface area contributed by atoms with E-state index in [0.29, 0.717) is 0 Å². The molecule has 1 aliphatic rings. The molecule has 0 spiro atoms. The van der Waals surface area contributed by atoms with E-state index in [4.69, 9.17) is 4.74 Å². The molecule has 1 aromatic carbocycles. The number of morpholine rings is 1. The van der Waals surface area contributed by atoms with Crippen molar-refractivity contribution in [1.82, 2.24) is 5.32 Å². The molecule has 21 heavy (non-hydrogen) atoms. The molecule has 1 aromatic rings. The summed E-state index contributed by atoms with van der Waals surface area (Å²) in [7, 11) is 0. The van der Waals surface area contributed by atoms with Crippen LogP contribution in [0.2, 0.25) is 0 Å². The Labute approximate surface area is 135 Å². The molecule has 0 radical (unpaired) electrons. The molecule has 4 nitrogen and oxygen atoms in total. The van der Waals surface area contributed by atoms with Crippen LogP contribution >= 0.6 is 15.9 Å². The fraction of sp³-hybridized carbons (Fsp3) is 0.625. The average molecular weight is 357 g/mol. The summed E-state index contributed by atoms with van der Waals surface area (Å²) in [5, 5.41) is 12.8. The molecular formula is C16H25BrN2O2. The van der Waals surface area contributed by atoms with Gasteiger partial charge in [-0.05, 0) is 38.1 Å². The Morgan fingerprint density at radius 2 is 2.24 bits per heavy atom. The second-order valence-electron chi connectivity index (χ2n) is 6.12. The smallest absolute Gasteiger partial charge is 0.0988 e. The maximum atomic E-state index is 9.41. The van der Waals surface area contributed by atoms with E-state index in [9.17, 15) is 5.11 Å². The van der Waals surface area contributed by atoms with Gasteiger partial charge in [0.15, 0.2) is 0 Å². The molecule has 1 fully saturated rings. The predicted molar refractivity (Wildman–Crippen MR) is 89.8 cm³/mol. The summed E-state index contributed by atoms with van der Waals surface area (Å²) >= 11 is 3.66. The van der Waals surface area contributed by atoms with E-state index in [-0.39, 0.29) is 18.3 Å². The molecule has 1 heterocycles. The van der Waals surface area contributed by atoms with Gasteiger partial charge in [-0.1, -0.05) is 28.9 Å². The number of hydrogen-bond donors (Lipinski definition) is 2. The zero-order valence-electron chi connectivity index (χ0n) is 13.0. The monoisotopic (exact) mass is 356 g/mol. The summed E-state index contributed by atoms with van der Waals surface area (Å²) in [4.78, 5) is 2.28. The van der Waals surface area contributed by atoms with Crippen molar-refractivity contribution < 1.29 is 9.84 Å². The van der Waals surface area contributed by atoms with Crippen molar-refractivity contribution >= 4 is 21.6 Å². The van der Waals surface area contributed by atoms with Crippen LogP contribution in [0.5, 0.6) is 0 Å². The molecule has 2 N–H and O–H groups in total. The normalized spacial score (nSPS) is 21.6. The van der Waals surface area contributed by atoms with Crippen molar-refractivity contribution in [1.29, 1.82) is 0 Å². The Kier molecular flexibility index (Phi) is 5.66. The van der Waals surface area contributed by atoms with Crippen LogP contribution in [0.15, 0.2) is 22.7 Å². The van der Waals surface area contributed by atoms with Crippen LogP contribution in [0.3, 0.4) is 0 Å². The number of rotatable bonds is 5. The fourth-order valence-corrected chi connectivity index (χ4v) is 3.23. The quantitative estimate of drug-likeness (QED) is 0.850. The molecule has 1 atom stereocenters. The third kappa shape index (κ3) is 4.42. The lowest BCUT2D eigenvalue weighted by molar-refractivity contribution is -0.101. The summed E-state index contributed by atoms with van der Waals surface area (Å²) < 4.78 is 6.98. The number of hydrogen-bond acceptors (Lipinski definition) is 4. The van der Waals surface area contributed by atoms with Crippen LogP contribution < -0.4 is 10.2 Å². The van der Waals surface area contributed by atoms with Crippen LogP contribution in [0.4, 0.5) is 5.69 Å². The van der Waals surface area contributed by atoms with Gasteiger partial charge in [0.25, 0.3) is 0 Å². The molecule has 0 saturated carbocycles. The van der Waals surface area contributed by atoms with Gasteiger partial charge >= 0.3 is 0 Å². The van der Waals surface area contributed by atoms with Gasteiger partial charge in [-0.2, -0.15) is 0 Å². The van der Waals surface area contributed by atoms with E-state index in [1.54, 1.807) is 0 Å². The van der Waals surface area contributed by atoms with E-state index in [0.717, 1.165) is 36.3 Å². The van der Waals surface area contributed by atoms with Crippen LogP contribution in [-0.2, 0) is 11.3 Å². The minimum atomic E-state index is -0.249. The maximum absolute atomic E-state index is 9.41. The molecule has 0 aromatic heterocycles. The number of aliphatic hydroxyl groups excluding tert-OH is 1. The lowest BCUT2D eigenvalue weighted by atomic mass is 10.0. The van der Waals surface area contributed by atoms with Crippen molar-refractivity contribution in [3.63, 3.8) is 0 Å². The van der Waals surface area contributed by atoms with Crippen LogP contribution in [0.25, 0.3) is 0 Å². The summed E-state index contributed by atoms with van der Waals surface area (Å²) in [6.07, 6.45) is -0.131. The van der Waals surface area contributed by atoms with E-state index in [1.165, 1.54) is 5.56 Å². The second kappa shape index (κ2) is 7.09. The SMILES string of the molecule is CCNCc1ccc(N2CC(CO)OC(C)(C)C2)cc1Br. The average Bonchev–Trinajstić information content (AvgIpc) is 2.44. The van der Waals surface area contributed by atoms with Gasteiger partial charge < -0.3 is 20.1 Å². The Hall–Kier alpha value is -0.620. The first-order valence-corrected chi connectivity index (χ1v) is 8.27. The van der Waals surface area contributed by atoms with Crippen molar-refractivity contribution in [2.45, 2.75) is 39.0 Å². The van der Waals surface area contributed by atoms with Crippen molar-refractivity contribution in [3.05, 3.63) is 28.2 Å².